The van der Waals surface area contributed by atoms with Gasteiger partial charge in [0, 0.05) is 5.69 Å². The number of aryl methyl sites for hydroxylation is 1. The second kappa shape index (κ2) is 8.52. The molecule has 0 saturated carbocycles. The van der Waals surface area contributed by atoms with Crippen molar-refractivity contribution >= 4 is 23.6 Å². The number of hydrogen-bond acceptors (Lipinski definition) is 6. The number of anilines is 1. The van der Waals surface area contributed by atoms with Crippen molar-refractivity contribution in [1.29, 1.82) is 0 Å². The maximum Gasteiger partial charge on any atom is 0.342 e. The summed E-state index contributed by atoms with van der Waals surface area (Å²) in [4.78, 5) is 35.3. The van der Waals surface area contributed by atoms with E-state index in [1.54, 1.807) is 37.3 Å². The number of ether oxygens (including phenoxy) is 2. The number of phenolic OH excluding ortho intramolecular Hbond substituents is 1. The number of urea groups is 1. The molecule has 8 heteroatoms. The molecule has 0 unspecified atom stereocenters. The molecule has 0 saturated heterocycles. The van der Waals surface area contributed by atoms with Crippen LogP contribution < -0.4 is 15.4 Å². The lowest BCUT2D eigenvalue weighted by Crippen LogP contribution is -2.37. The van der Waals surface area contributed by atoms with Crippen LogP contribution in [0.15, 0.2) is 42.5 Å². The fourth-order valence-corrected chi connectivity index (χ4v) is 2.02. The van der Waals surface area contributed by atoms with Crippen LogP contribution in [0.5, 0.6) is 11.5 Å². The lowest BCUT2D eigenvalue weighted by molar-refractivity contribution is -0.123. The van der Waals surface area contributed by atoms with Gasteiger partial charge in [0.1, 0.15) is 17.1 Å². The molecule has 2 aromatic rings. The average molecular weight is 358 g/mol. The fourth-order valence-electron chi connectivity index (χ4n) is 2.02. The Morgan fingerprint density at radius 3 is 2.38 bits per heavy atom. The summed E-state index contributed by atoms with van der Waals surface area (Å²) < 4.78 is 9.78. The van der Waals surface area contributed by atoms with Gasteiger partial charge in [-0.05, 0) is 48.9 Å². The van der Waals surface area contributed by atoms with Crippen molar-refractivity contribution in [2.75, 3.05) is 19.0 Å². The van der Waals surface area contributed by atoms with Crippen LogP contribution in [0.2, 0.25) is 0 Å². The lowest BCUT2D eigenvalue weighted by atomic mass is 10.1. The zero-order valence-electron chi connectivity index (χ0n) is 14.2. The Balaban J connectivity index is 1.81. The van der Waals surface area contributed by atoms with E-state index in [4.69, 9.17) is 9.47 Å². The van der Waals surface area contributed by atoms with Crippen molar-refractivity contribution in [2.24, 2.45) is 0 Å². The Morgan fingerprint density at radius 1 is 1.08 bits per heavy atom. The summed E-state index contributed by atoms with van der Waals surface area (Å²) >= 11 is 0. The van der Waals surface area contributed by atoms with Gasteiger partial charge in [0.25, 0.3) is 5.91 Å². The number of benzene rings is 2. The third-order valence-corrected chi connectivity index (χ3v) is 3.31. The molecule has 0 heterocycles. The normalized spacial score (nSPS) is 9.92. The highest BCUT2D eigenvalue weighted by atomic mass is 16.5. The van der Waals surface area contributed by atoms with Crippen LogP contribution in [0.4, 0.5) is 10.5 Å². The molecule has 0 aliphatic heterocycles. The van der Waals surface area contributed by atoms with E-state index < -0.39 is 24.5 Å². The number of aromatic hydroxyl groups is 1. The second-order valence-corrected chi connectivity index (χ2v) is 5.33. The first-order valence-electron chi connectivity index (χ1n) is 7.60. The van der Waals surface area contributed by atoms with Crippen molar-refractivity contribution in [1.82, 2.24) is 5.32 Å². The highest BCUT2D eigenvalue weighted by molar-refractivity contribution is 6.02. The molecule has 136 valence electrons. The number of carbonyl (C=O) groups is 3. The minimum atomic E-state index is -0.867. The third kappa shape index (κ3) is 5.23. The number of carbonyl (C=O) groups excluding carboxylic acids is 3. The number of amides is 3. The van der Waals surface area contributed by atoms with Crippen molar-refractivity contribution in [3.05, 3.63) is 53.6 Å². The zero-order valence-corrected chi connectivity index (χ0v) is 14.2. The van der Waals surface area contributed by atoms with E-state index in [1.165, 1.54) is 19.2 Å². The van der Waals surface area contributed by atoms with Gasteiger partial charge >= 0.3 is 12.0 Å². The van der Waals surface area contributed by atoms with E-state index >= 15 is 0 Å². The Morgan fingerprint density at radius 2 is 1.77 bits per heavy atom. The van der Waals surface area contributed by atoms with Crippen LogP contribution in [0.1, 0.15) is 15.9 Å². The first-order valence-corrected chi connectivity index (χ1v) is 7.60. The molecule has 0 atom stereocenters. The Hall–Kier alpha value is -3.55. The number of nitrogens with one attached hydrogen (secondary N) is 2. The monoisotopic (exact) mass is 358 g/mol. The molecule has 0 bridgehead atoms. The van der Waals surface area contributed by atoms with Gasteiger partial charge in [0.15, 0.2) is 6.61 Å². The largest absolute Gasteiger partial charge is 0.507 e. The molecule has 3 amide bonds. The number of methoxy groups -OCH3 is 1. The molecule has 2 aromatic carbocycles. The SMILES string of the molecule is COc1ccc(NC(=O)NC(=O)COC(=O)c2ccc(C)cc2O)cc1. The Kier molecular flexibility index (Phi) is 6.15. The van der Waals surface area contributed by atoms with Crippen molar-refractivity contribution in [3.8, 4) is 11.5 Å². The number of rotatable bonds is 5. The smallest absolute Gasteiger partial charge is 0.342 e. The Bertz CT molecular complexity index is 817. The maximum absolute atomic E-state index is 11.8. The number of hydrogen-bond donors (Lipinski definition) is 3. The van der Waals surface area contributed by atoms with E-state index in [0.717, 1.165) is 5.56 Å². The van der Waals surface area contributed by atoms with Gasteiger partial charge in [-0.15, -0.1) is 0 Å². The summed E-state index contributed by atoms with van der Waals surface area (Å²) in [5.74, 6) is -1.30. The third-order valence-electron chi connectivity index (χ3n) is 3.31. The maximum atomic E-state index is 11.8. The summed E-state index contributed by atoms with van der Waals surface area (Å²) in [6, 6.07) is 10.1. The molecule has 26 heavy (non-hydrogen) atoms. The Labute approximate surface area is 149 Å². The van der Waals surface area contributed by atoms with E-state index in [0.29, 0.717) is 11.4 Å². The van der Waals surface area contributed by atoms with Crippen LogP contribution in [0.25, 0.3) is 0 Å². The van der Waals surface area contributed by atoms with Gasteiger partial charge < -0.3 is 19.9 Å². The minimum Gasteiger partial charge on any atom is -0.507 e. The predicted molar refractivity (Wildman–Crippen MR) is 93.3 cm³/mol. The zero-order chi connectivity index (χ0) is 19.1. The van der Waals surface area contributed by atoms with E-state index in [1.807, 2.05) is 5.32 Å². The van der Waals surface area contributed by atoms with Crippen molar-refractivity contribution in [2.45, 2.75) is 6.92 Å². The van der Waals surface area contributed by atoms with Crippen LogP contribution in [-0.4, -0.2) is 36.7 Å². The standard InChI is InChI=1S/C18H18N2O6/c1-11-3-8-14(15(21)9-11)17(23)26-10-16(22)20-18(24)19-12-4-6-13(25-2)7-5-12/h3-9,21H,10H2,1-2H3,(H2,19,20,22,24). The topological polar surface area (TPSA) is 114 Å². The summed E-state index contributed by atoms with van der Waals surface area (Å²) in [6.07, 6.45) is 0. The summed E-state index contributed by atoms with van der Waals surface area (Å²) in [5, 5.41) is 14.2. The molecule has 8 nitrogen and oxygen atoms in total. The average Bonchev–Trinajstić information content (AvgIpc) is 2.60. The van der Waals surface area contributed by atoms with Crippen LogP contribution in [-0.2, 0) is 9.53 Å². The van der Waals surface area contributed by atoms with Gasteiger partial charge in [-0.2, -0.15) is 0 Å². The summed E-state index contributed by atoms with van der Waals surface area (Å²) in [7, 11) is 1.52. The molecular weight excluding hydrogens is 340 g/mol. The molecule has 0 aliphatic carbocycles. The molecule has 0 aromatic heterocycles. The minimum absolute atomic E-state index is 0.0638. The van der Waals surface area contributed by atoms with Crippen LogP contribution >= 0.6 is 0 Å². The number of phenols is 1. The van der Waals surface area contributed by atoms with Crippen molar-refractivity contribution in [3.63, 3.8) is 0 Å². The van der Waals surface area contributed by atoms with Gasteiger partial charge in [0.2, 0.25) is 0 Å². The van der Waals surface area contributed by atoms with Gasteiger partial charge in [-0.25, -0.2) is 9.59 Å². The molecule has 3 N–H and O–H groups in total. The molecule has 0 fully saturated rings. The van der Waals surface area contributed by atoms with E-state index in [-0.39, 0.29) is 11.3 Å². The quantitative estimate of drug-likeness (QED) is 0.706. The number of esters is 1. The van der Waals surface area contributed by atoms with Gasteiger partial charge in [-0.3, -0.25) is 10.1 Å². The van der Waals surface area contributed by atoms with Crippen LogP contribution in [0.3, 0.4) is 0 Å². The van der Waals surface area contributed by atoms with Crippen LogP contribution in [0, 0.1) is 6.92 Å². The predicted octanol–water partition coefficient (Wildman–Crippen LogP) is 2.21. The molecule has 0 radical (unpaired) electrons. The second-order valence-electron chi connectivity index (χ2n) is 5.33. The fraction of sp³-hybridized carbons (Fsp3) is 0.167. The molecule has 0 spiro atoms. The summed E-state index contributed by atoms with van der Waals surface area (Å²) in [5.41, 5.74) is 1.16. The van der Waals surface area contributed by atoms with Gasteiger partial charge in [-0.1, -0.05) is 6.07 Å². The lowest BCUT2D eigenvalue weighted by Gasteiger charge is -2.09. The first kappa shape index (κ1) is 18.8. The highest BCUT2D eigenvalue weighted by Crippen LogP contribution is 2.19. The van der Waals surface area contributed by atoms with E-state index in [9.17, 15) is 19.5 Å². The molecule has 0 aliphatic rings. The number of imide groups is 1. The highest BCUT2D eigenvalue weighted by Gasteiger charge is 2.15. The summed E-state index contributed by atoms with van der Waals surface area (Å²) in [6.45, 7) is 1.09. The van der Waals surface area contributed by atoms with Gasteiger partial charge in [0.05, 0.1) is 7.11 Å². The first-order chi connectivity index (χ1) is 12.4. The van der Waals surface area contributed by atoms with Crippen molar-refractivity contribution < 1.29 is 29.0 Å². The van der Waals surface area contributed by atoms with E-state index in [2.05, 4.69) is 5.32 Å². The molecule has 2 rings (SSSR count). The molecular formula is C18H18N2O6.